The molecule has 21 heavy (non-hydrogen) atoms. The van der Waals surface area contributed by atoms with Crippen LogP contribution in [0, 0.1) is 0 Å². The number of hydrogen-bond acceptors (Lipinski definition) is 6. The average molecular weight is 285 g/mol. The number of nitrogens with one attached hydrogen (secondary N) is 1. The maximum absolute atomic E-state index is 5.80. The van der Waals surface area contributed by atoms with Gasteiger partial charge < -0.3 is 15.8 Å². The second-order valence-corrected chi connectivity index (χ2v) is 5.13. The number of rotatable bonds is 5. The Morgan fingerprint density at radius 3 is 2.90 bits per heavy atom. The molecule has 1 atom stereocenters. The summed E-state index contributed by atoms with van der Waals surface area (Å²) >= 11 is 0. The molecule has 3 rings (SSSR count). The van der Waals surface area contributed by atoms with E-state index in [-0.39, 0.29) is 0 Å². The minimum absolute atomic E-state index is 0.311. The Morgan fingerprint density at radius 2 is 2.14 bits per heavy atom. The van der Waals surface area contributed by atoms with E-state index in [2.05, 4.69) is 20.3 Å². The van der Waals surface area contributed by atoms with E-state index in [1.807, 2.05) is 18.2 Å². The molecule has 1 aliphatic rings. The molecule has 0 saturated carbocycles. The summed E-state index contributed by atoms with van der Waals surface area (Å²) in [5, 5.41) is 3.31. The zero-order valence-corrected chi connectivity index (χ0v) is 11.8. The van der Waals surface area contributed by atoms with Crippen LogP contribution in [-0.4, -0.2) is 34.7 Å². The Kier molecular flexibility index (Phi) is 4.25. The molecule has 0 amide bonds. The highest BCUT2D eigenvalue weighted by Gasteiger charge is 2.20. The van der Waals surface area contributed by atoms with Crippen molar-refractivity contribution in [2.75, 3.05) is 30.8 Å². The van der Waals surface area contributed by atoms with E-state index in [0.29, 0.717) is 18.5 Å². The fraction of sp³-hybridized carbons (Fsp3) is 0.400. The van der Waals surface area contributed by atoms with Gasteiger partial charge in [-0.25, -0.2) is 4.98 Å². The number of pyridine rings is 1. The molecule has 2 aromatic rings. The predicted molar refractivity (Wildman–Crippen MR) is 81.1 cm³/mol. The smallest absolute Gasteiger partial charge is 0.222 e. The zero-order chi connectivity index (χ0) is 14.5. The van der Waals surface area contributed by atoms with E-state index in [0.717, 1.165) is 37.5 Å². The first-order valence-electron chi connectivity index (χ1n) is 7.16. The molecule has 0 aromatic carbocycles. The highest BCUT2D eigenvalue weighted by molar-refractivity contribution is 5.41. The maximum atomic E-state index is 5.80. The van der Waals surface area contributed by atoms with Crippen molar-refractivity contribution in [3.05, 3.63) is 41.9 Å². The number of nitrogens with zero attached hydrogens (tertiary/aromatic N) is 3. The molecule has 0 spiro atoms. The molecule has 1 fully saturated rings. The van der Waals surface area contributed by atoms with Crippen LogP contribution in [0.2, 0.25) is 0 Å². The van der Waals surface area contributed by atoms with Gasteiger partial charge in [0.25, 0.3) is 0 Å². The molecule has 3 heterocycles. The van der Waals surface area contributed by atoms with Gasteiger partial charge >= 0.3 is 0 Å². The summed E-state index contributed by atoms with van der Waals surface area (Å²) in [7, 11) is 0. The molecule has 1 saturated heterocycles. The molecule has 2 aromatic heterocycles. The normalized spacial score (nSPS) is 17.8. The van der Waals surface area contributed by atoms with E-state index in [9.17, 15) is 0 Å². The lowest BCUT2D eigenvalue weighted by Crippen LogP contribution is -2.11. The van der Waals surface area contributed by atoms with Crippen molar-refractivity contribution in [3.63, 3.8) is 0 Å². The van der Waals surface area contributed by atoms with Gasteiger partial charge in [-0.05, 0) is 30.5 Å². The first-order chi connectivity index (χ1) is 10.3. The number of hydrogen-bond donors (Lipinski definition) is 2. The third-order valence-corrected chi connectivity index (χ3v) is 3.58. The van der Waals surface area contributed by atoms with Gasteiger partial charge in [0, 0.05) is 37.5 Å². The van der Waals surface area contributed by atoms with Gasteiger partial charge in [0.05, 0.1) is 12.3 Å². The van der Waals surface area contributed by atoms with E-state index < -0.39 is 0 Å². The predicted octanol–water partition coefficient (Wildman–Crippen LogP) is 1.61. The number of nitrogen functional groups attached to an aromatic ring is 1. The lowest BCUT2D eigenvalue weighted by molar-refractivity contribution is 0.193. The van der Waals surface area contributed by atoms with Crippen molar-refractivity contribution >= 4 is 11.8 Å². The standard InChI is InChI=1S/C15H19N5O/c16-15-19-13(12-4-8-21-10-12)9-14(20-15)18-7-3-11-1-5-17-6-2-11/h1-2,5-6,9,12H,3-4,7-8,10H2,(H3,16,18,19,20)/t12-/m0/s1. The topological polar surface area (TPSA) is 86.0 Å². The largest absolute Gasteiger partial charge is 0.381 e. The summed E-state index contributed by atoms with van der Waals surface area (Å²) < 4.78 is 5.40. The van der Waals surface area contributed by atoms with E-state index in [1.54, 1.807) is 12.4 Å². The fourth-order valence-electron chi connectivity index (χ4n) is 2.44. The van der Waals surface area contributed by atoms with Gasteiger partial charge in [0.15, 0.2) is 0 Å². The summed E-state index contributed by atoms with van der Waals surface area (Å²) in [6.45, 7) is 2.30. The molecule has 3 N–H and O–H groups in total. The third-order valence-electron chi connectivity index (χ3n) is 3.58. The van der Waals surface area contributed by atoms with Crippen LogP contribution < -0.4 is 11.1 Å². The molecule has 1 aliphatic heterocycles. The second kappa shape index (κ2) is 6.49. The van der Waals surface area contributed by atoms with Crippen molar-refractivity contribution in [3.8, 4) is 0 Å². The molecule has 110 valence electrons. The molecule has 0 aliphatic carbocycles. The summed E-state index contributed by atoms with van der Waals surface area (Å²) in [5.74, 6) is 1.42. The zero-order valence-electron chi connectivity index (χ0n) is 11.8. The summed E-state index contributed by atoms with van der Waals surface area (Å²) in [4.78, 5) is 12.6. The number of anilines is 2. The molecular formula is C15H19N5O. The Balaban J connectivity index is 1.62. The first kappa shape index (κ1) is 13.8. The Hall–Kier alpha value is -2.21. The Labute approximate surface area is 123 Å². The van der Waals surface area contributed by atoms with Gasteiger partial charge in [-0.2, -0.15) is 4.98 Å². The highest BCUT2D eigenvalue weighted by Crippen LogP contribution is 2.25. The molecule has 6 heteroatoms. The quantitative estimate of drug-likeness (QED) is 0.868. The van der Waals surface area contributed by atoms with E-state index >= 15 is 0 Å². The van der Waals surface area contributed by atoms with Crippen molar-refractivity contribution in [1.82, 2.24) is 15.0 Å². The van der Waals surface area contributed by atoms with Gasteiger partial charge in [0.1, 0.15) is 5.82 Å². The lowest BCUT2D eigenvalue weighted by atomic mass is 10.0. The van der Waals surface area contributed by atoms with Crippen LogP contribution in [0.25, 0.3) is 0 Å². The first-order valence-corrected chi connectivity index (χ1v) is 7.16. The number of nitrogens with two attached hydrogens (primary N) is 1. The minimum Gasteiger partial charge on any atom is -0.381 e. The average Bonchev–Trinajstić information content (AvgIpc) is 3.02. The SMILES string of the molecule is Nc1nc(NCCc2ccncc2)cc([C@H]2CCOC2)n1. The van der Waals surface area contributed by atoms with Crippen LogP contribution in [0.15, 0.2) is 30.6 Å². The Morgan fingerprint density at radius 1 is 1.29 bits per heavy atom. The monoisotopic (exact) mass is 285 g/mol. The fourth-order valence-corrected chi connectivity index (χ4v) is 2.44. The number of aromatic nitrogens is 3. The van der Waals surface area contributed by atoms with E-state index in [1.165, 1.54) is 5.56 Å². The summed E-state index contributed by atoms with van der Waals surface area (Å²) in [6.07, 6.45) is 5.51. The van der Waals surface area contributed by atoms with Gasteiger partial charge in [-0.1, -0.05) is 0 Å². The molecule has 0 unspecified atom stereocenters. The van der Waals surface area contributed by atoms with Crippen LogP contribution in [0.3, 0.4) is 0 Å². The van der Waals surface area contributed by atoms with Crippen LogP contribution in [0.5, 0.6) is 0 Å². The van der Waals surface area contributed by atoms with Crippen molar-refractivity contribution in [1.29, 1.82) is 0 Å². The van der Waals surface area contributed by atoms with Gasteiger partial charge in [-0.3, -0.25) is 4.98 Å². The highest BCUT2D eigenvalue weighted by atomic mass is 16.5. The molecule has 0 radical (unpaired) electrons. The van der Waals surface area contributed by atoms with Crippen molar-refractivity contribution in [2.45, 2.75) is 18.8 Å². The molecule has 6 nitrogen and oxygen atoms in total. The minimum atomic E-state index is 0.311. The Bertz CT molecular complexity index is 584. The van der Waals surface area contributed by atoms with Crippen LogP contribution in [0.4, 0.5) is 11.8 Å². The van der Waals surface area contributed by atoms with Crippen LogP contribution >= 0.6 is 0 Å². The van der Waals surface area contributed by atoms with Crippen LogP contribution in [0.1, 0.15) is 23.6 Å². The van der Waals surface area contributed by atoms with Crippen molar-refractivity contribution < 1.29 is 4.74 Å². The lowest BCUT2D eigenvalue weighted by Gasteiger charge is -2.11. The summed E-state index contributed by atoms with van der Waals surface area (Å²) in [5.41, 5.74) is 8.00. The number of ether oxygens (including phenoxy) is 1. The molecule has 0 bridgehead atoms. The van der Waals surface area contributed by atoms with Crippen LogP contribution in [-0.2, 0) is 11.2 Å². The van der Waals surface area contributed by atoms with Gasteiger partial charge in [0.2, 0.25) is 5.95 Å². The van der Waals surface area contributed by atoms with E-state index in [4.69, 9.17) is 10.5 Å². The molecular weight excluding hydrogens is 266 g/mol. The third kappa shape index (κ3) is 3.66. The second-order valence-electron chi connectivity index (χ2n) is 5.13. The summed E-state index contributed by atoms with van der Waals surface area (Å²) in [6, 6.07) is 6.00. The maximum Gasteiger partial charge on any atom is 0.222 e. The van der Waals surface area contributed by atoms with Gasteiger partial charge in [-0.15, -0.1) is 0 Å². The van der Waals surface area contributed by atoms with Crippen molar-refractivity contribution in [2.24, 2.45) is 0 Å².